The van der Waals surface area contributed by atoms with E-state index in [0.29, 0.717) is 24.1 Å². The van der Waals surface area contributed by atoms with Gasteiger partial charge in [0.25, 0.3) is 0 Å². The zero-order chi connectivity index (χ0) is 24.1. The van der Waals surface area contributed by atoms with E-state index in [-0.39, 0.29) is 19.1 Å². The first-order valence-electron chi connectivity index (χ1n) is 10.1. The standard InChI is InChI=1S/C21H22F6N4O2/c22-15-3-4-16(29-12-15)13-31(17-7-9-28-10-8-17)19(32)30-11-14-1-5-18(6-2-14)33-21(26,27)20(23,24)25/h1-6,12,17,28H,7-11,13H2,(H,30,32). The van der Waals surface area contributed by atoms with Gasteiger partial charge in [0.15, 0.2) is 0 Å². The third-order valence-electron chi connectivity index (χ3n) is 5.07. The molecule has 1 aromatic heterocycles. The molecule has 0 atom stereocenters. The monoisotopic (exact) mass is 476 g/mol. The third kappa shape index (κ3) is 6.73. The highest BCUT2D eigenvalue weighted by Crippen LogP contribution is 2.37. The Morgan fingerprint density at radius 1 is 1.09 bits per heavy atom. The second-order valence-corrected chi connectivity index (χ2v) is 7.50. The fraction of sp³-hybridized carbons (Fsp3) is 0.429. The maximum Gasteiger partial charge on any atom is 0.499 e. The van der Waals surface area contributed by atoms with Crippen LogP contribution in [0.4, 0.5) is 31.1 Å². The van der Waals surface area contributed by atoms with E-state index < -0.39 is 29.9 Å². The molecule has 0 spiro atoms. The molecule has 1 aromatic carbocycles. The molecular formula is C21H22F6N4O2. The van der Waals surface area contributed by atoms with Crippen molar-refractivity contribution in [3.63, 3.8) is 0 Å². The van der Waals surface area contributed by atoms with Crippen LogP contribution in [-0.4, -0.2) is 47.3 Å². The number of pyridine rings is 1. The Labute approximate surface area is 185 Å². The van der Waals surface area contributed by atoms with Gasteiger partial charge in [0.1, 0.15) is 11.6 Å². The fourth-order valence-corrected chi connectivity index (χ4v) is 3.32. The van der Waals surface area contributed by atoms with E-state index in [1.165, 1.54) is 24.3 Å². The lowest BCUT2D eigenvalue weighted by Crippen LogP contribution is -2.49. The molecule has 1 aliphatic rings. The molecule has 180 valence electrons. The van der Waals surface area contributed by atoms with Gasteiger partial charge in [-0.25, -0.2) is 9.18 Å². The second kappa shape index (κ2) is 10.3. The number of hydrogen-bond donors (Lipinski definition) is 2. The molecule has 1 saturated heterocycles. The Hall–Kier alpha value is -3.02. The number of carbonyl (C=O) groups excluding carboxylic acids is 1. The number of piperidine rings is 1. The molecule has 2 N–H and O–H groups in total. The normalized spacial score (nSPS) is 15.2. The van der Waals surface area contributed by atoms with Crippen LogP contribution < -0.4 is 15.4 Å². The molecule has 6 nitrogen and oxygen atoms in total. The first kappa shape index (κ1) is 24.6. The van der Waals surface area contributed by atoms with Crippen molar-refractivity contribution in [2.45, 2.75) is 44.3 Å². The van der Waals surface area contributed by atoms with Gasteiger partial charge in [-0.15, -0.1) is 0 Å². The lowest BCUT2D eigenvalue weighted by atomic mass is 10.0. The summed E-state index contributed by atoms with van der Waals surface area (Å²) in [6.07, 6.45) is -8.65. The van der Waals surface area contributed by atoms with E-state index >= 15 is 0 Å². The number of benzene rings is 1. The summed E-state index contributed by atoms with van der Waals surface area (Å²) in [6.45, 7) is 1.63. The highest BCUT2D eigenvalue weighted by atomic mass is 19.4. The molecule has 0 aliphatic carbocycles. The van der Waals surface area contributed by atoms with Gasteiger partial charge >= 0.3 is 18.3 Å². The van der Waals surface area contributed by atoms with Crippen molar-refractivity contribution in [1.82, 2.24) is 20.5 Å². The summed E-state index contributed by atoms with van der Waals surface area (Å²) in [6, 6.07) is 6.76. The number of aromatic nitrogens is 1. The Bertz CT molecular complexity index is 916. The molecule has 33 heavy (non-hydrogen) atoms. The Morgan fingerprint density at radius 2 is 1.76 bits per heavy atom. The number of rotatable bonds is 7. The predicted molar refractivity (Wildman–Crippen MR) is 106 cm³/mol. The lowest BCUT2D eigenvalue weighted by Gasteiger charge is -2.34. The SMILES string of the molecule is O=C(NCc1ccc(OC(F)(F)C(F)(F)F)cc1)N(Cc1ccc(F)cn1)C1CCNCC1. The van der Waals surface area contributed by atoms with Crippen LogP contribution in [0.25, 0.3) is 0 Å². The number of hydrogen-bond acceptors (Lipinski definition) is 4. The minimum Gasteiger partial charge on any atom is -0.426 e. The summed E-state index contributed by atoms with van der Waals surface area (Å²) in [5, 5.41) is 5.92. The van der Waals surface area contributed by atoms with E-state index in [0.717, 1.165) is 31.4 Å². The minimum absolute atomic E-state index is 0.00704. The van der Waals surface area contributed by atoms with Gasteiger partial charge < -0.3 is 20.3 Å². The van der Waals surface area contributed by atoms with Crippen LogP contribution in [0.5, 0.6) is 5.75 Å². The van der Waals surface area contributed by atoms with Crippen molar-refractivity contribution >= 4 is 6.03 Å². The number of urea groups is 1. The zero-order valence-electron chi connectivity index (χ0n) is 17.3. The van der Waals surface area contributed by atoms with Crippen LogP contribution in [0.3, 0.4) is 0 Å². The summed E-state index contributed by atoms with van der Waals surface area (Å²) in [5.74, 6) is -1.15. The van der Waals surface area contributed by atoms with E-state index in [2.05, 4.69) is 20.4 Å². The van der Waals surface area contributed by atoms with Crippen LogP contribution in [0.15, 0.2) is 42.6 Å². The van der Waals surface area contributed by atoms with Crippen LogP contribution in [-0.2, 0) is 13.1 Å². The fourth-order valence-electron chi connectivity index (χ4n) is 3.32. The molecular weight excluding hydrogens is 454 g/mol. The van der Waals surface area contributed by atoms with Gasteiger partial charge in [-0.1, -0.05) is 12.1 Å². The summed E-state index contributed by atoms with van der Waals surface area (Å²) in [7, 11) is 0. The predicted octanol–water partition coefficient (Wildman–Crippen LogP) is 4.22. The number of carbonyl (C=O) groups is 1. The summed E-state index contributed by atoms with van der Waals surface area (Å²) >= 11 is 0. The maximum atomic E-state index is 13.2. The van der Waals surface area contributed by atoms with Gasteiger partial charge in [-0.05, 0) is 55.8 Å². The lowest BCUT2D eigenvalue weighted by molar-refractivity contribution is -0.360. The average molecular weight is 476 g/mol. The molecule has 0 radical (unpaired) electrons. The highest BCUT2D eigenvalue weighted by molar-refractivity contribution is 5.74. The van der Waals surface area contributed by atoms with E-state index in [4.69, 9.17) is 0 Å². The Kier molecular flexibility index (Phi) is 7.67. The van der Waals surface area contributed by atoms with E-state index in [1.807, 2.05) is 0 Å². The minimum atomic E-state index is -5.84. The summed E-state index contributed by atoms with van der Waals surface area (Å²) in [5.41, 5.74) is 0.980. The third-order valence-corrected chi connectivity index (χ3v) is 5.07. The van der Waals surface area contributed by atoms with Crippen molar-refractivity contribution in [3.8, 4) is 5.75 Å². The van der Waals surface area contributed by atoms with Gasteiger partial charge in [-0.3, -0.25) is 4.98 Å². The largest absolute Gasteiger partial charge is 0.499 e. The molecule has 2 amide bonds. The number of amides is 2. The quantitative estimate of drug-likeness (QED) is 0.588. The summed E-state index contributed by atoms with van der Waals surface area (Å²) < 4.78 is 79.7. The number of halogens is 6. The van der Waals surface area contributed by atoms with Gasteiger partial charge in [0.05, 0.1) is 18.4 Å². The van der Waals surface area contributed by atoms with Crippen molar-refractivity contribution in [2.75, 3.05) is 13.1 Å². The topological polar surface area (TPSA) is 66.5 Å². The van der Waals surface area contributed by atoms with E-state index in [9.17, 15) is 31.1 Å². The smallest absolute Gasteiger partial charge is 0.426 e. The van der Waals surface area contributed by atoms with Crippen molar-refractivity contribution < 1.29 is 35.9 Å². The average Bonchev–Trinajstić information content (AvgIpc) is 2.77. The second-order valence-electron chi connectivity index (χ2n) is 7.50. The number of ether oxygens (including phenoxy) is 1. The first-order chi connectivity index (χ1) is 15.5. The molecule has 12 heteroatoms. The van der Waals surface area contributed by atoms with Gasteiger partial charge in [0.2, 0.25) is 0 Å². The molecule has 0 unspecified atom stereocenters. The van der Waals surface area contributed by atoms with Crippen LogP contribution in [0, 0.1) is 5.82 Å². The molecule has 2 aromatic rings. The molecule has 0 saturated carbocycles. The molecule has 3 rings (SSSR count). The number of nitrogens with one attached hydrogen (secondary N) is 2. The molecule has 2 heterocycles. The molecule has 1 fully saturated rings. The summed E-state index contributed by atoms with van der Waals surface area (Å²) in [4.78, 5) is 18.5. The van der Waals surface area contributed by atoms with E-state index in [1.54, 1.807) is 4.90 Å². The van der Waals surface area contributed by atoms with Crippen LogP contribution >= 0.6 is 0 Å². The van der Waals surface area contributed by atoms with Gasteiger partial charge in [0, 0.05) is 12.6 Å². The number of nitrogens with zero attached hydrogens (tertiary/aromatic N) is 2. The Balaban J connectivity index is 1.62. The van der Waals surface area contributed by atoms with Gasteiger partial charge in [-0.2, -0.15) is 22.0 Å². The number of alkyl halides is 5. The zero-order valence-corrected chi connectivity index (χ0v) is 17.3. The van der Waals surface area contributed by atoms with Crippen LogP contribution in [0.2, 0.25) is 0 Å². The highest BCUT2D eigenvalue weighted by Gasteiger charge is 2.61. The van der Waals surface area contributed by atoms with Crippen molar-refractivity contribution in [2.24, 2.45) is 0 Å². The Morgan fingerprint density at radius 3 is 2.33 bits per heavy atom. The first-order valence-corrected chi connectivity index (χ1v) is 10.1. The van der Waals surface area contributed by atoms with Crippen LogP contribution in [0.1, 0.15) is 24.1 Å². The van der Waals surface area contributed by atoms with Crippen molar-refractivity contribution in [1.29, 1.82) is 0 Å². The molecule has 0 bridgehead atoms. The van der Waals surface area contributed by atoms with Crippen molar-refractivity contribution in [3.05, 3.63) is 59.7 Å². The molecule has 1 aliphatic heterocycles. The maximum absolute atomic E-state index is 13.2.